The number of carbonyl (C=O) groups excluding carboxylic acids is 2. The van der Waals surface area contributed by atoms with Gasteiger partial charge >= 0.3 is 12.1 Å². The van der Waals surface area contributed by atoms with Gasteiger partial charge in [-0.2, -0.15) is 13.2 Å². The maximum atomic E-state index is 13.0. The minimum absolute atomic E-state index is 0.136. The number of thioether (sulfide) groups is 1. The Morgan fingerprint density at radius 1 is 0.919 bits per heavy atom. The third-order valence-electron chi connectivity index (χ3n) is 5.22. The Morgan fingerprint density at radius 3 is 2.11 bits per heavy atom. The Bertz CT molecular complexity index is 1220. The fourth-order valence-corrected chi connectivity index (χ4v) is 4.19. The summed E-state index contributed by atoms with van der Waals surface area (Å²) in [7, 11) is 0. The van der Waals surface area contributed by atoms with Gasteiger partial charge in [-0.3, -0.25) is 9.59 Å². The van der Waals surface area contributed by atoms with Gasteiger partial charge in [-0.05, 0) is 54.3 Å². The summed E-state index contributed by atoms with van der Waals surface area (Å²) in [5.41, 5.74) is 19.3. The van der Waals surface area contributed by atoms with Crippen LogP contribution in [-0.4, -0.2) is 46.8 Å². The highest BCUT2D eigenvalue weighted by Gasteiger charge is 2.38. The van der Waals surface area contributed by atoms with Gasteiger partial charge in [0.05, 0.1) is 12.1 Å². The van der Waals surface area contributed by atoms with Crippen LogP contribution in [0.2, 0.25) is 0 Å². The zero-order valence-corrected chi connectivity index (χ0v) is 20.6. The summed E-state index contributed by atoms with van der Waals surface area (Å²) < 4.78 is 31.7. The molecule has 0 amide bonds. The van der Waals surface area contributed by atoms with E-state index in [4.69, 9.17) is 27.1 Å². The molecule has 2 atom stereocenters. The lowest BCUT2D eigenvalue weighted by molar-refractivity contribution is -0.192. The molecular formula is C26H28F3N3O4S. The van der Waals surface area contributed by atoms with Gasteiger partial charge in [0.1, 0.15) is 0 Å². The van der Waals surface area contributed by atoms with Gasteiger partial charge in [0, 0.05) is 10.5 Å². The van der Waals surface area contributed by atoms with E-state index in [0.29, 0.717) is 36.3 Å². The number of Topliss-reactive ketones (excluding diaryl/α,β-unsaturated/α-hetero) is 1. The fourth-order valence-electron chi connectivity index (χ4n) is 3.36. The third-order valence-corrected chi connectivity index (χ3v) is 6.19. The lowest BCUT2D eigenvalue weighted by atomic mass is 9.96. The Hall–Kier alpha value is -3.25. The number of aliphatic carboxylic acids is 1. The number of carboxylic acid groups (broad SMARTS) is 1. The van der Waals surface area contributed by atoms with E-state index in [1.807, 2.05) is 60.7 Å². The molecule has 198 valence electrons. The minimum atomic E-state index is -5.08. The highest BCUT2D eigenvalue weighted by molar-refractivity contribution is 8.13. The molecule has 0 radical (unpaired) electrons. The van der Waals surface area contributed by atoms with E-state index >= 15 is 0 Å². The van der Waals surface area contributed by atoms with Crippen LogP contribution in [0.15, 0.2) is 71.6 Å². The van der Waals surface area contributed by atoms with Crippen LogP contribution in [0.25, 0.3) is 10.8 Å². The quantitative estimate of drug-likeness (QED) is 0.238. The van der Waals surface area contributed by atoms with Gasteiger partial charge in [0.15, 0.2) is 5.78 Å². The van der Waals surface area contributed by atoms with Crippen LogP contribution in [-0.2, 0) is 16.0 Å². The van der Waals surface area contributed by atoms with Crippen LogP contribution in [0.3, 0.4) is 0 Å². The number of alkyl halides is 3. The molecule has 0 fully saturated rings. The molecule has 3 aromatic rings. The van der Waals surface area contributed by atoms with Crippen molar-refractivity contribution in [2.24, 2.45) is 17.2 Å². The molecule has 0 aliphatic rings. The van der Waals surface area contributed by atoms with Crippen LogP contribution in [0.5, 0.6) is 0 Å². The van der Waals surface area contributed by atoms with Crippen molar-refractivity contribution in [1.29, 1.82) is 0 Å². The van der Waals surface area contributed by atoms with Gasteiger partial charge in [-0.15, -0.1) is 0 Å². The molecule has 0 aliphatic carbocycles. The first-order chi connectivity index (χ1) is 17.4. The van der Waals surface area contributed by atoms with Crippen molar-refractivity contribution in [3.63, 3.8) is 0 Å². The second-order valence-electron chi connectivity index (χ2n) is 8.11. The molecule has 0 bridgehead atoms. The molecule has 0 aliphatic heterocycles. The van der Waals surface area contributed by atoms with Crippen LogP contribution < -0.4 is 17.2 Å². The van der Waals surface area contributed by atoms with Gasteiger partial charge in [-0.25, -0.2) is 4.79 Å². The molecule has 3 rings (SSSR count). The highest BCUT2D eigenvalue weighted by Crippen LogP contribution is 2.29. The summed E-state index contributed by atoms with van der Waals surface area (Å²) in [6, 6.07) is 19.7. The van der Waals surface area contributed by atoms with Gasteiger partial charge in [0.25, 0.3) is 0 Å². The van der Waals surface area contributed by atoms with Crippen molar-refractivity contribution < 1.29 is 32.7 Å². The number of halogens is 3. The molecule has 0 heterocycles. The van der Waals surface area contributed by atoms with Gasteiger partial charge < -0.3 is 22.3 Å². The molecule has 0 aromatic heterocycles. The third kappa shape index (κ3) is 9.29. The standard InChI is InChI=1S/C24H27N3O2S.C2HF3O2/c25-12-6-11-21(26)23(28)20-15-18(14-17-9-4-5-10-19(17)20)30-24(29)22(27)13-16-7-2-1-3-8-16;3-2(4,5)1(6)7/h1-5,7-10,14-15,21-22H,6,11-13,25-27H2;(H,6,7)/t21-,22-;/m0./s1. The van der Waals surface area contributed by atoms with Crippen LogP contribution in [0.1, 0.15) is 28.8 Å². The summed E-state index contributed by atoms with van der Waals surface area (Å²) in [6.07, 6.45) is -3.40. The number of nitrogens with two attached hydrogens (primary N) is 3. The maximum absolute atomic E-state index is 13.0. The Labute approximate surface area is 216 Å². The highest BCUT2D eigenvalue weighted by atomic mass is 32.2. The topological polar surface area (TPSA) is 150 Å². The molecule has 7 N–H and O–H groups in total. The van der Waals surface area contributed by atoms with Gasteiger partial charge in [0.2, 0.25) is 5.12 Å². The lowest BCUT2D eigenvalue weighted by Crippen LogP contribution is -2.31. The molecule has 37 heavy (non-hydrogen) atoms. The predicted molar refractivity (Wildman–Crippen MR) is 137 cm³/mol. The van der Waals surface area contributed by atoms with E-state index in [1.165, 1.54) is 0 Å². The van der Waals surface area contributed by atoms with Crippen LogP contribution in [0, 0.1) is 0 Å². The monoisotopic (exact) mass is 535 g/mol. The molecule has 0 unspecified atom stereocenters. The number of ketones is 1. The van der Waals surface area contributed by atoms with E-state index in [9.17, 15) is 22.8 Å². The largest absolute Gasteiger partial charge is 0.490 e. The van der Waals surface area contributed by atoms with Crippen molar-refractivity contribution in [2.75, 3.05) is 6.54 Å². The zero-order chi connectivity index (χ0) is 27.6. The molecule has 0 spiro atoms. The predicted octanol–water partition coefficient (Wildman–Crippen LogP) is 3.91. The number of hydrogen-bond donors (Lipinski definition) is 4. The summed E-state index contributed by atoms with van der Waals surface area (Å²) >= 11 is 1.07. The first-order valence-corrected chi connectivity index (χ1v) is 12.1. The molecule has 3 aromatic carbocycles. The van der Waals surface area contributed by atoms with Crippen LogP contribution in [0.4, 0.5) is 13.2 Å². The number of hydrogen-bond acceptors (Lipinski definition) is 7. The van der Waals surface area contributed by atoms with Crippen molar-refractivity contribution in [2.45, 2.75) is 42.4 Å². The zero-order valence-electron chi connectivity index (χ0n) is 19.8. The van der Waals surface area contributed by atoms with Crippen molar-refractivity contribution >= 4 is 39.4 Å². The summed E-state index contributed by atoms with van der Waals surface area (Å²) in [5, 5.41) is 8.71. The van der Waals surface area contributed by atoms with Crippen molar-refractivity contribution in [3.8, 4) is 0 Å². The lowest BCUT2D eigenvalue weighted by Gasteiger charge is -2.15. The summed E-state index contributed by atoms with van der Waals surface area (Å²) in [4.78, 5) is 35.3. The fraction of sp³-hybridized carbons (Fsp3) is 0.269. The molecule has 0 saturated carbocycles. The SMILES string of the molecule is NCCC[C@H](N)C(=O)c1cc(SC(=O)[C@@H](N)Cc2ccccc2)cc2ccccc12.O=C(O)C(F)(F)F. The Balaban J connectivity index is 0.000000604. The first-order valence-electron chi connectivity index (χ1n) is 11.3. The molecule has 7 nitrogen and oxygen atoms in total. The van der Waals surface area contributed by atoms with E-state index in [-0.39, 0.29) is 10.9 Å². The number of carbonyl (C=O) groups is 3. The van der Waals surface area contributed by atoms with E-state index in [2.05, 4.69) is 0 Å². The van der Waals surface area contributed by atoms with Crippen molar-refractivity contribution in [1.82, 2.24) is 0 Å². The molecular weight excluding hydrogens is 507 g/mol. The summed E-state index contributed by atoms with van der Waals surface area (Å²) in [6.45, 7) is 0.491. The summed E-state index contributed by atoms with van der Waals surface area (Å²) in [5.74, 6) is -2.89. The number of benzene rings is 3. The van der Waals surface area contributed by atoms with E-state index in [1.54, 1.807) is 6.07 Å². The van der Waals surface area contributed by atoms with E-state index < -0.39 is 24.2 Å². The molecule has 0 saturated heterocycles. The Morgan fingerprint density at radius 2 is 1.51 bits per heavy atom. The van der Waals surface area contributed by atoms with E-state index in [0.717, 1.165) is 28.1 Å². The average molecular weight is 536 g/mol. The van der Waals surface area contributed by atoms with Crippen LogP contribution >= 0.6 is 11.8 Å². The normalized spacial score (nSPS) is 12.8. The second kappa shape index (κ2) is 13.9. The Kier molecular flexibility index (Phi) is 11.3. The van der Waals surface area contributed by atoms with Crippen molar-refractivity contribution in [3.05, 3.63) is 77.9 Å². The molecule has 11 heteroatoms. The number of carboxylic acids is 1. The number of rotatable bonds is 9. The maximum Gasteiger partial charge on any atom is 0.490 e. The van der Waals surface area contributed by atoms with Gasteiger partial charge in [-0.1, -0.05) is 66.4 Å². The first kappa shape index (κ1) is 30.0. The smallest absolute Gasteiger partial charge is 0.475 e. The second-order valence-corrected chi connectivity index (χ2v) is 9.19. The minimum Gasteiger partial charge on any atom is -0.475 e. The average Bonchev–Trinajstić information content (AvgIpc) is 2.86. The number of fused-ring (bicyclic) bond motifs is 1.